The van der Waals surface area contributed by atoms with Gasteiger partial charge in [-0.05, 0) is 97.7 Å². The van der Waals surface area contributed by atoms with Crippen LogP contribution in [0.25, 0.3) is 16.7 Å². The second-order valence-electron chi connectivity index (χ2n) is 17.4. The largest absolute Gasteiger partial charge is 0.359 e. The van der Waals surface area contributed by atoms with Crippen LogP contribution < -0.4 is 20.7 Å². The molecular weight excluding hydrogens is 639 g/mol. The number of hydrogen-bond acceptors (Lipinski definition) is 2. The molecule has 2 heterocycles. The van der Waals surface area contributed by atoms with Gasteiger partial charge in [0.15, 0.2) is 0 Å². The number of nitrogens with zero attached hydrogens (tertiary/aromatic N) is 2. The molecule has 262 valence electrons. The molecule has 0 saturated heterocycles. The summed E-state index contributed by atoms with van der Waals surface area (Å²) < 4.78 is 0. The lowest BCUT2D eigenvalue weighted by atomic mass is 9.28. The molecule has 2 aliphatic heterocycles. The summed E-state index contributed by atoms with van der Waals surface area (Å²) in [7, 11) is 0. The SMILES string of the molecule is CC(C)(C)C1=CC2B3c4cc(C(C)(C)C)ccc4N(c4ccc(-c5ccccc5)cc4)c4cccc(c43)N(C3C=CC(c4ccccc4)=CC3)C2C=C1. The van der Waals surface area contributed by atoms with Crippen LogP contribution in [-0.2, 0) is 5.41 Å². The fourth-order valence-corrected chi connectivity index (χ4v) is 9.13. The third-order valence-corrected chi connectivity index (χ3v) is 11.9. The van der Waals surface area contributed by atoms with E-state index in [9.17, 15) is 0 Å². The van der Waals surface area contributed by atoms with Crippen LogP contribution in [0.5, 0.6) is 0 Å². The van der Waals surface area contributed by atoms with Crippen molar-refractivity contribution in [2.45, 2.75) is 71.3 Å². The van der Waals surface area contributed by atoms with E-state index >= 15 is 0 Å². The predicted molar refractivity (Wildman–Crippen MR) is 229 cm³/mol. The van der Waals surface area contributed by atoms with E-state index in [4.69, 9.17) is 0 Å². The van der Waals surface area contributed by atoms with Crippen LogP contribution in [0.15, 0.2) is 163 Å². The first-order valence-corrected chi connectivity index (χ1v) is 19.4. The lowest BCUT2D eigenvalue weighted by molar-refractivity contribution is 0.505. The molecule has 0 N–H and O–H groups in total. The summed E-state index contributed by atoms with van der Waals surface area (Å²) in [5.41, 5.74) is 16.0. The van der Waals surface area contributed by atoms with Gasteiger partial charge in [-0.3, -0.25) is 0 Å². The minimum Gasteiger partial charge on any atom is -0.359 e. The van der Waals surface area contributed by atoms with E-state index in [-0.39, 0.29) is 35.4 Å². The Kier molecular flexibility index (Phi) is 8.04. The number of fused-ring (bicyclic) bond motifs is 4. The number of rotatable bonds is 4. The molecule has 3 heteroatoms. The second kappa shape index (κ2) is 12.7. The van der Waals surface area contributed by atoms with Crippen molar-refractivity contribution >= 4 is 46.0 Å². The van der Waals surface area contributed by atoms with Crippen molar-refractivity contribution in [1.82, 2.24) is 0 Å². The van der Waals surface area contributed by atoms with Gasteiger partial charge in [0, 0.05) is 28.8 Å². The fraction of sp³-hybridized carbons (Fsp3) is 0.240. The smallest absolute Gasteiger partial charge is 0.226 e. The summed E-state index contributed by atoms with van der Waals surface area (Å²) >= 11 is 0. The van der Waals surface area contributed by atoms with Crippen LogP contribution in [0.4, 0.5) is 22.7 Å². The zero-order valence-corrected chi connectivity index (χ0v) is 31.9. The molecule has 0 spiro atoms. The summed E-state index contributed by atoms with van der Waals surface area (Å²) in [6.45, 7) is 14.3. The van der Waals surface area contributed by atoms with E-state index < -0.39 is 0 Å². The van der Waals surface area contributed by atoms with Crippen molar-refractivity contribution in [3.63, 3.8) is 0 Å². The average molecular weight is 689 g/mol. The van der Waals surface area contributed by atoms with Crippen molar-refractivity contribution in [2.75, 3.05) is 9.80 Å². The van der Waals surface area contributed by atoms with E-state index in [1.165, 1.54) is 67.1 Å². The van der Waals surface area contributed by atoms with Gasteiger partial charge >= 0.3 is 0 Å². The van der Waals surface area contributed by atoms with Crippen molar-refractivity contribution in [3.05, 3.63) is 174 Å². The van der Waals surface area contributed by atoms with Crippen molar-refractivity contribution in [1.29, 1.82) is 0 Å². The maximum Gasteiger partial charge on any atom is 0.226 e. The molecule has 9 rings (SSSR count). The quantitative estimate of drug-likeness (QED) is 0.173. The molecule has 3 unspecified atom stereocenters. The van der Waals surface area contributed by atoms with Crippen LogP contribution in [-0.4, -0.2) is 18.8 Å². The molecule has 5 aromatic rings. The molecule has 2 aliphatic carbocycles. The Hall–Kier alpha value is -5.28. The lowest BCUT2D eigenvalue weighted by Crippen LogP contribution is -2.64. The molecule has 0 amide bonds. The van der Waals surface area contributed by atoms with Gasteiger partial charge in [0.05, 0.1) is 6.04 Å². The van der Waals surface area contributed by atoms with E-state index in [1.54, 1.807) is 0 Å². The Morgan fingerprint density at radius 3 is 1.94 bits per heavy atom. The van der Waals surface area contributed by atoms with Crippen LogP contribution in [0.3, 0.4) is 0 Å². The molecule has 2 nitrogen and oxygen atoms in total. The molecular formula is C50H49BN2. The van der Waals surface area contributed by atoms with Gasteiger partial charge in [-0.2, -0.15) is 0 Å². The molecule has 4 aliphatic rings. The number of benzene rings is 5. The van der Waals surface area contributed by atoms with Gasteiger partial charge in [0.2, 0.25) is 6.71 Å². The Balaban J connectivity index is 1.24. The Morgan fingerprint density at radius 1 is 0.604 bits per heavy atom. The second-order valence-corrected chi connectivity index (χ2v) is 17.4. The normalized spacial score (nSPS) is 20.3. The molecule has 5 aromatic carbocycles. The summed E-state index contributed by atoms with van der Waals surface area (Å²) in [6, 6.07) is 45.6. The van der Waals surface area contributed by atoms with Gasteiger partial charge in [0.1, 0.15) is 0 Å². The Labute approximate surface area is 317 Å². The number of allylic oxidation sites excluding steroid dienone is 4. The predicted octanol–water partition coefficient (Wildman–Crippen LogP) is 11.6. The molecule has 3 atom stereocenters. The number of hydrogen-bond donors (Lipinski definition) is 0. The molecule has 0 fully saturated rings. The highest BCUT2D eigenvalue weighted by molar-refractivity contribution is 6.91. The lowest BCUT2D eigenvalue weighted by Gasteiger charge is -2.53. The topological polar surface area (TPSA) is 6.48 Å². The van der Waals surface area contributed by atoms with Crippen LogP contribution in [0.2, 0.25) is 5.82 Å². The fourth-order valence-electron chi connectivity index (χ4n) is 9.13. The van der Waals surface area contributed by atoms with E-state index in [0.29, 0.717) is 0 Å². The maximum atomic E-state index is 2.76. The van der Waals surface area contributed by atoms with Crippen molar-refractivity contribution in [2.24, 2.45) is 5.41 Å². The summed E-state index contributed by atoms with van der Waals surface area (Å²) in [4.78, 5) is 5.30. The molecule has 0 bridgehead atoms. The van der Waals surface area contributed by atoms with Gasteiger partial charge in [0.25, 0.3) is 0 Å². The highest BCUT2D eigenvalue weighted by Gasteiger charge is 2.50. The highest BCUT2D eigenvalue weighted by atomic mass is 15.2. The zero-order valence-electron chi connectivity index (χ0n) is 31.9. The minimum atomic E-state index is 0.0334. The molecule has 53 heavy (non-hydrogen) atoms. The van der Waals surface area contributed by atoms with Gasteiger partial charge < -0.3 is 9.80 Å². The Bertz CT molecular complexity index is 2300. The van der Waals surface area contributed by atoms with Crippen molar-refractivity contribution in [3.8, 4) is 11.1 Å². The van der Waals surface area contributed by atoms with E-state index in [1.807, 2.05) is 0 Å². The van der Waals surface area contributed by atoms with Gasteiger partial charge in [-0.1, -0.05) is 169 Å². The summed E-state index contributed by atoms with van der Waals surface area (Å²) in [6.07, 6.45) is 15.8. The standard InChI is InChI=1S/C50H49BN2/c1-49(2,3)38-24-30-44-42(32-38)51-43-33-39(50(4,5)6)25-31-45(43)53(41-28-22-37(23-29-41)35-16-11-8-12-17-35)47-19-13-18-46(48(47)51)52(44)40-26-20-36(21-27-40)34-14-9-7-10-15-34/h7-28,30-33,41,43,45H,29H2,1-6H3. The molecule has 0 saturated carbocycles. The summed E-state index contributed by atoms with van der Waals surface area (Å²) in [5, 5.41) is 0. The third kappa shape index (κ3) is 5.82. The van der Waals surface area contributed by atoms with Gasteiger partial charge in [-0.15, -0.1) is 0 Å². The first kappa shape index (κ1) is 33.6. The van der Waals surface area contributed by atoms with Gasteiger partial charge in [-0.25, -0.2) is 0 Å². The maximum absolute atomic E-state index is 2.76. The van der Waals surface area contributed by atoms with E-state index in [0.717, 1.165) is 6.42 Å². The van der Waals surface area contributed by atoms with Crippen molar-refractivity contribution < 1.29 is 0 Å². The van der Waals surface area contributed by atoms with Crippen LogP contribution in [0, 0.1) is 5.41 Å². The zero-order chi connectivity index (χ0) is 36.5. The molecule has 0 aromatic heterocycles. The van der Waals surface area contributed by atoms with Crippen LogP contribution >= 0.6 is 0 Å². The first-order chi connectivity index (χ1) is 25.6. The van der Waals surface area contributed by atoms with E-state index in [2.05, 4.69) is 209 Å². The minimum absolute atomic E-state index is 0.0334. The highest BCUT2D eigenvalue weighted by Crippen LogP contribution is 2.49. The molecule has 0 radical (unpaired) electrons. The van der Waals surface area contributed by atoms with Crippen LogP contribution in [0.1, 0.15) is 59.1 Å². The number of anilines is 4. The monoisotopic (exact) mass is 688 g/mol. The first-order valence-electron chi connectivity index (χ1n) is 19.4. The summed E-state index contributed by atoms with van der Waals surface area (Å²) in [5.74, 6) is 0.285. The Morgan fingerprint density at radius 2 is 1.28 bits per heavy atom. The third-order valence-electron chi connectivity index (χ3n) is 11.9. The average Bonchev–Trinajstić information content (AvgIpc) is 3.17.